The quantitative estimate of drug-likeness (QED) is 0.773. The molecule has 0 saturated heterocycles. The summed E-state index contributed by atoms with van der Waals surface area (Å²) < 4.78 is 1.35. The molecule has 2 rings (SSSR count). The molecule has 2 aromatic rings. The zero-order valence-electron chi connectivity index (χ0n) is 12.6. The number of hydrogen-bond donors (Lipinski definition) is 2. The Balaban J connectivity index is 2.03. The highest BCUT2D eigenvalue weighted by atomic mass is 32.2. The average Bonchev–Trinajstić information content (AvgIpc) is 2.54. The van der Waals surface area contributed by atoms with E-state index in [2.05, 4.69) is 10.3 Å². The number of fused-ring (bicyclic) bond motifs is 1. The van der Waals surface area contributed by atoms with Crippen LogP contribution in [-0.2, 0) is 16.1 Å². The molecule has 8 heteroatoms. The molecule has 0 spiro atoms. The maximum absolute atomic E-state index is 12.3. The minimum absolute atomic E-state index is 0.0120. The molecule has 122 valence electrons. The van der Waals surface area contributed by atoms with E-state index in [1.807, 2.05) is 0 Å². The number of amides is 1. The van der Waals surface area contributed by atoms with Gasteiger partial charge in [-0.15, -0.1) is 0 Å². The Kier molecular flexibility index (Phi) is 5.75. The standard InChI is InChI=1S/C15H17N3O4S/c1-23-8-12(15(21)22)17-13(19)6-7-18-9-16-11-5-3-2-4-10(11)14(18)20/h2-5,9,12H,6-8H2,1H3,(H,17,19)(H,21,22). The zero-order chi connectivity index (χ0) is 16.8. The number of aliphatic carboxylic acids is 1. The molecule has 7 nitrogen and oxygen atoms in total. The second-order valence-electron chi connectivity index (χ2n) is 4.92. The highest BCUT2D eigenvalue weighted by Gasteiger charge is 2.19. The van der Waals surface area contributed by atoms with E-state index in [-0.39, 0.29) is 18.5 Å². The van der Waals surface area contributed by atoms with Gasteiger partial charge in [0.2, 0.25) is 5.91 Å². The number of nitrogens with zero attached hydrogens (tertiary/aromatic N) is 2. The van der Waals surface area contributed by atoms with Crippen molar-refractivity contribution in [3.8, 4) is 0 Å². The van der Waals surface area contributed by atoms with Gasteiger partial charge < -0.3 is 10.4 Å². The summed E-state index contributed by atoms with van der Waals surface area (Å²) >= 11 is 1.34. The number of carbonyl (C=O) groups excluding carboxylic acids is 1. The Labute approximate surface area is 136 Å². The molecule has 0 aliphatic carbocycles. The van der Waals surface area contributed by atoms with E-state index >= 15 is 0 Å². The molecule has 1 heterocycles. The van der Waals surface area contributed by atoms with Crippen molar-refractivity contribution in [3.05, 3.63) is 40.9 Å². The van der Waals surface area contributed by atoms with Gasteiger partial charge in [0.05, 0.1) is 17.2 Å². The number of carboxylic acids is 1. The van der Waals surface area contributed by atoms with E-state index in [0.717, 1.165) is 0 Å². The van der Waals surface area contributed by atoms with Gasteiger partial charge in [-0.25, -0.2) is 9.78 Å². The normalized spacial score (nSPS) is 12.0. The first-order valence-corrected chi connectivity index (χ1v) is 8.37. The number of benzene rings is 1. The van der Waals surface area contributed by atoms with Gasteiger partial charge >= 0.3 is 5.97 Å². The van der Waals surface area contributed by atoms with Crippen LogP contribution in [0.3, 0.4) is 0 Å². The lowest BCUT2D eigenvalue weighted by Gasteiger charge is -2.13. The van der Waals surface area contributed by atoms with Gasteiger partial charge in [0.25, 0.3) is 5.56 Å². The average molecular weight is 335 g/mol. The van der Waals surface area contributed by atoms with Crippen molar-refractivity contribution in [2.75, 3.05) is 12.0 Å². The molecule has 0 aliphatic heterocycles. The fourth-order valence-corrected chi connectivity index (χ4v) is 2.65. The maximum atomic E-state index is 12.3. The zero-order valence-corrected chi connectivity index (χ0v) is 13.4. The molecule has 0 fully saturated rings. The van der Waals surface area contributed by atoms with Crippen LogP contribution in [0.1, 0.15) is 6.42 Å². The predicted molar refractivity (Wildman–Crippen MR) is 88.6 cm³/mol. The second-order valence-corrected chi connectivity index (χ2v) is 5.83. The molecule has 0 saturated carbocycles. The van der Waals surface area contributed by atoms with Crippen LogP contribution in [0.25, 0.3) is 10.9 Å². The summed E-state index contributed by atoms with van der Waals surface area (Å²) in [5, 5.41) is 11.9. The van der Waals surface area contributed by atoms with Crippen molar-refractivity contribution in [1.29, 1.82) is 0 Å². The lowest BCUT2D eigenvalue weighted by molar-refractivity contribution is -0.141. The largest absolute Gasteiger partial charge is 0.480 e. The highest BCUT2D eigenvalue weighted by Crippen LogP contribution is 2.05. The summed E-state index contributed by atoms with van der Waals surface area (Å²) in [6, 6.07) is 6.05. The summed E-state index contributed by atoms with van der Waals surface area (Å²) in [5.74, 6) is -1.19. The van der Waals surface area contributed by atoms with Crippen LogP contribution < -0.4 is 10.9 Å². The summed E-state index contributed by atoms with van der Waals surface area (Å²) in [6.07, 6.45) is 3.18. The van der Waals surface area contributed by atoms with Gasteiger partial charge in [0.15, 0.2) is 0 Å². The van der Waals surface area contributed by atoms with E-state index < -0.39 is 17.9 Å². The van der Waals surface area contributed by atoms with Crippen molar-refractivity contribution < 1.29 is 14.7 Å². The van der Waals surface area contributed by atoms with Gasteiger partial charge in [-0.05, 0) is 18.4 Å². The fraction of sp³-hybridized carbons (Fsp3) is 0.333. The van der Waals surface area contributed by atoms with Crippen LogP contribution in [-0.4, -0.2) is 44.6 Å². The first-order valence-electron chi connectivity index (χ1n) is 6.98. The third kappa shape index (κ3) is 4.32. The number of carboxylic acid groups (broad SMARTS) is 1. The molecule has 1 aromatic carbocycles. The van der Waals surface area contributed by atoms with Crippen molar-refractivity contribution in [1.82, 2.24) is 14.9 Å². The van der Waals surface area contributed by atoms with Crippen molar-refractivity contribution in [3.63, 3.8) is 0 Å². The van der Waals surface area contributed by atoms with Crippen LogP contribution >= 0.6 is 11.8 Å². The number of aryl methyl sites for hydroxylation is 1. The minimum Gasteiger partial charge on any atom is -0.480 e. The van der Waals surface area contributed by atoms with Crippen molar-refractivity contribution in [2.45, 2.75) is 19.0 Å². The van der Waals surface area contributed by atoms with Crippen LogP contribution in [0.5, 0.6) is 0 Å². The number of nitrogens with one attached hydrogen (secondary N) is 1. The SMILES string of the molecule is CSCC(NC(=O)CCn1cnc2ccccc2c1=O)C(=O)O. The summed E-state index contributed by atoms with van der Waals surface area (Å²) in [4.78, 5) is 39.3. The Morgan fingerprint density at radius 3 is 2.83 bits per heavy atom. The molecule has 1 atom stereocenters. The molecule has 1 amide bonds. The minimum atomic E-state index is -1.07. The number of hydrogen-bond acceptors (Lipinski definition) is 5. The summed E-state index contributed by atoms with van der Waals surface area (Å²) in [5.41, 5.74) is 0.381. The summed E-state index contributed by atoms with van der Waals surface area (Å²) in [7, 11) is 0. The van der Waals surface area contributed by atoms with Gasteiger partial charge in [-0.1, -0.05) is 12.1 Å². The molecular formula is C15H17N3O4S. The van der Waals surface area contributed by atoms with E-state index in [9.17, 15) is 14.4 Å². The van der Waals surface area contributed by atoms with E-state index in [4.69, 9.17) is 5.11 Å². The smallest absolute Gasteiger partial charge is 0.327 e. The van der Waals surface area contributed by atoms with Gasteiger partial charge in [-0.2, -0.15) is 11.8 Å². The second kappa shape index (κ2) is 7.77. The van der Waals surface area contributed by atoms with Gasteiger partial charge in [-0.3, -0.25) is 14.2 Å². The van der Waals surface area contributed by atoms with E-state index in [1.54, 1.807) is 30.5 Å². The van der Waals surface area contributed by atoms with E-state index in [1.165, 1.54) is 22.7 Å². The molecule has 0 radical (unpaired) electrons. The molecule has 2 N–H and O–H groups in total. The number of para-hydroxylation sites is 1. The monoisotopic (exact) mass is 335 g/mol. The molecule has 23 heavy (non-hydrogen) atoms. The lowest BCUT2D eigenvalue weighted by Crippen LogP contribution is -2.43. The van der Waals surface area contributed by atoms with Crippen molar-refractivity contribution >= 4 is 34.5 Å². The molecule has 0 aliphatic rings. The maximum Gasteiger partial charge on any atom is 0.327 e. The van der Waals surface area contributed by atoms with Gasteiger partial charge in [0, 0.05) is 18.7 Å². The first kappa shape index (κ1) is 17.0. The number of rotatable bonds is 7. The molecule has 1 aromatic heterocycles. The van der Waals surface area contributed by atoms with E-state index in [0.29, 0.717) is 16.7 Å². The topological polar surface area (TPSA) is 101 Å². The fourth-order valence-electron chi connectivity index (χ4n) is 2.10. The Hall–Kier alpha value is -2.35. The number of aromatic nitrogens is 2. The van der Waals surface area contributed by atoms with Gasteiger partial charge in [0.1, 0.15) is 6.04 Å². The molecular weight excluding hydrogens is 318 g/mol. The third-order valence-electron chi connectivity index (χ3n) is 3.28. The highest BCUT2D eigenvalue weighted by molar-refractivity contribution is 7.98. The predicted octanol–water partition coefficient (Wildman–Crippen LogP) is 0.719. The lowest BCUT2D eigenvalue weighted by atomic mass is 10.2. The Morgan fingerprint density at radius 2 is 2.13 bits per heavy atom. The molecule has 1 unspecified atom stereocenters. The Bertz CT molecular complexity index is 775. The van der Waals surface area contributed by atoms with Crippen LogP contribution in [0.4, 0.5) is 0 Å². The summed E-state index contributed by atoms with van der Waals surface area (Å²) in [6.45, 7) is 0.147. The molecule has 0 bridgehead atoms. The van der Waals surface area contributed by atoms with Crippen LogP contribution in [0.2, 0.25) is 0 Å². The van der Waals surface area contributed by atoms with Crippen LogP contribution in [0, 0.1) is 0 Å². The number of thioether (sulfide) groups is 1. The van der Waals surface area contributed by atoms with Crippen LogP contribution in [0.15, 0.2) is 35.4 Å². The van der Waals surface area contributed by atoms with Crippen molar-refractivity contribution in [2.24, 2.45) is 0 Å². The first-order chi connectivity index (χ1) is 11.0. The Morgan fingerprint density at radius 1 is 1.39 bits per heavy atom. The number of carbonyl (C=O) groups is 2. The third-order valence-corrected chi connectivity index (χ3v) is 3.94.